The molecule has 4 rings (SSSR count). The third kappa shape index (κ3) is 7.90. The summed E-state index contributed by atoms with van der Waals surface area (Å²) in [6.07, 6.45) is 3.38. The maximum atomic E-state index is 8.00. The first-order valence-electron chi connectivity index (χ1n) is 11.9. The minimum Gasteiger partial charge on any atom is -0.457 e. The van der Waals surface area contributed by atoms with Gasteiger partial charge in [-0.1, -0.05) is 0 Å². The lowest BCUT2D eigenvalue weighted by atomic mass is 10.2. The van der Waals surface area contributed by atoms with Crippen LogP contribution in [0.5, 0.6) is 11.5 Å². The van der Waals surface area contributed by atoms with E-state index >= 15 is 0 Å². The molecular formula is C29H30N6O2. The Morgan fingerprint density at radius 1 is 0.703 bits per heavy atom. The lowest BCUT2D eigenvalue weighted by Crippen LogP contribution is -2.21. The van der Waals surface area contributed by atoms with Crippen molar-refractivity contribution in [3.8, 4) is 11.5 Å². The molecular weight excluding hydrogens is 464 g/mol. The Bertz CT molecular complexity index is 1300. The molecule has 37 heavy (non-hydrogen) atoms. The fourth-order valence-electron chi connectivity index (χ4n) is 3.48. The van der Waals surface area contributed by atoms with Crippen LogP contribution in [0, 0.1) is 6.92 Å². The lowest BCUT2D eigenvalue weighted by molar-refractivity contribution is -0.0979. The second-order valence-corrected chi connectivity index (χ2v) is 7.84. The number of anilines is 1. The summed E-state index contributed by atoms with van der Waals surface area (Å²) < 4.78 is 6.04. The fraction of sp³-hybridized carbons (Fsp3) is 0.172. The highest BCUT2D eigenvalue weighted by molar-refractivity contribution is 5.53. The minimum absolute atomic E-state index is 0.724. The molecule has 0 N–H and O–H groups in total. The number of nitrogens with zero attached hydrogens (tertiary/aromatic N) is 6. The average Bonchev–Trinajstić information content (AvgIpc) is 2.96. The molecule has 8 nitrogen and oxygen atoms in total. The van der Waals surface area contributed by atoms with Gasteiger partial charge in [0.05, 0.1) is 22.7 Å². The van der Waals surface area contributed by atoms with Crippen LogP contribution in [0.4, 0.5) is 28.4 Å². The van der Waals surface area contributed by atoms with E-state index in [4.69, 9.17) is 9.53 Å². The van der Waals surface area contributed by atoms with Gasteiger partial charge in [-0.25, -0.2) is 0 Å². The van der Waals surface area contributed by atoms with E-state index in [1.165, 1.54) is 5.69 Å². The zero-order valence-electron chi connectivity index (χ0n) is 21.3. The molecule has 0 fully saturated rings. The normalized spacial score (nSPS) is 10.8. The second kappa shape index (κ2) is 14.0. The summed E-state index contributed by atoms with van der Waals surface area (Å²) >= 11 is 0. The molecule has 0 aliphatic carbocycles. The molecule has 1 aromatic heterocycles. The summed E-state index contributed by atoms with van der Waals surface area (Å²) in [6.45, 7) is 10.2. The van der Waals surface area contributed by atoms with E-state index < -0.39 is 0 Å². The van der Waals surface area contributed by atoms with Gasteiger partial charge in [0.2, 0.25) is 0 Å². The van der Waals surface area contributed by atoms with Crippen molar-refractivity contribution in [1.82, 2.24) is 4.98 Å². The topological polar surface area (TPSA) is 91.9 Å². The van der Waals surface area contributed by atoms with Crippen molar-refractivity contribution in [3.63, 3.8) is 0 Å². The van der Waals surface area contributed by atoms with Crippen LogP contribution in [-0.4, -0.2) is 24.9 Å². The molecule has 0 aliphatic rings. The van der Waals surface area contributed by atoms with Crippen molar-refractivity contribution in [2.24, 2.45) is 20.5 Å². The number of carbonyl (C=O) groups excluding carboxylic acids is 1. The van der Waals surface area contributed by atoms with Crippen LogP contribution in [0.2, 0.25) is 0 Å². The van der Waals surface area contributed by atoms with Crippen LogP contribution in [0.25, 0.3) is 0 Å². The molecule has 8 heteroatoms. The molecule has 0 bridgehead atoms. The number of carbonyl (C=O) groups is 1. The minimum atomic E-state index is 0.724. The highest BCUT2D eigenvalue weighted by Gasteiger charge is 2.04. The number of benzene rings is 3. The number of rotatable bonds is 9. The van der Waals surface area contributed by atoms with E-state index in [1.54, 1.807) is 24.5 Å². The fourth-order valence-corrected chi connectivity index (χ4v) is 3.48. The Morgan fingerprint density at radius 3 is 1.73 bits per heavy atom. The van der Waals surface area contributed by atoms with Gasteiger partial charge in [0.25, 0.3) is 0 Å². The smallest absolute Gasteiger partial charge is 0.130 e. The summed E-state index contributed by atoms with van der Waals surface area (Å²) in [5.74, 6) is 1.48. The molecule has 0 spiro atoms. The standard InChI is InChI=1S/C28H28N6O.CH2O/c1-4-34(5-2)26-11-6-22(7-12-26)30-31-23-8-13-27(14-9-23)35-28-15-10-25(20-21(28)3)33-32-24-16-18-29-19-17-24;1-2/h6-20H,4-5H2,1-3H3;1H2. The molecule has 0 radical (unpaired) electrons. The molecule has 0 saturated heterocycles. The maximum absolute atomic E-state index is 8.00. The van der Waals surface area contributed by atoms with E-state index in [2.05, 4.69) is 56.3 Å². The monoisotopic (exact) mass is 494 g/mol. The van der Waals surface area contributed by atoms with Gasteiger partial charge < -0.3 is 14.4 Å². The number of ether oxygens (including phenoxy) is 1. The molecule has 3 aromatic carbocycles. The number of aryl methyl sites for hydroxylation is 1. The Morgan fingerprint density at radius 2 is 1.19 bits per heavy atom. The van der Waals surface area contributed by atoms with Gasteiger partial charge in [0.15, 0.2) is 0 Å². The number of aromatic nitrogens is 1. The van der Waals surface area contributed by atoms with Crippen molar-refractivity contribution in [1.29, 1.82) is 0 Å². The van der Waals surface area contributed by atoms with Gasteiger partial charge in [0.1, 0.15) is 18.3 Å². The van der Waals surface area contributed by atoms with Crippen LogP contribution in [0.3, 0.4) is 0 Å². The summed E-state index contributed by atoms with van der Waals surface area (Å²) in [5, 5.41) is 17.2. The van der Waals surface area contributed by atoms with E-state index in [0.29, 0.717) is 0 Å². The summed E-state index contributed by atoms with van der Waals surface area (Å²) in [6, 6.07) is 25.0. The average molecular weight is 495 g/mol. The zero-order chi connectivity index (χ0) is 26.5. The van der Waals surface area contributed by atoms with Gasteiger partial charge in [-0.05, 0) is 105 Å². The highest BCUT2D eigenvalue weighted by Crippen LogP contribution is 2.30. The van der Waals surface area contributed by atoms with Crippen LogP contribution in [-0.2, 0) is 4.79 Å². The quantitative estimate of drug-likeness (QED) is 0.218. The summed E-state index contributed by atoms with van der Waals surface area (Å²) in [7, 11) is 0. The Hall–Kier alpha value is -4.72. The molecule has 1 heterocycles. The van der Waals surface area contributed by atoms with Gasteiger partial charge in [-0.3, -0.25) is 4.98 Å². The third-order valence-electron chi connectivity index (χ3n) is 5.43. The van der Waals surface area contributed by atoms with Gasteiger partial charge in [0, 0.05) is 31.2 Å². The van der Waals surface area contributed by atoms with Crippen LogP contribution < -0.4 is 9.64 Å². The van der Waals surface area contributed by atoms with Gasteiger partial charge >= 0.3 is 0 Å². The Labute approximate surface area is 217 Å². The van der Waals surface area contributed by atoms with Crippen LogP contribution in [0.1, 0.15) is 19.4 Å². The van der Waals surface area contributed by atoms with E-state index in [9.17, 15) is 0 Å². The predicted molar refractivity (Wildman–Crippen MR) is 147 cm³/mol. The molecule has 0 atom stereocenters. The number of hydrogen-bond acceptors (Lipinski definition) is 8. The molecule has 0 aliphatic heterocycles. The largest absolute Gasteiger partial charge is 0.457 e. The Balaban J connectivity index is 0.00000186. The molecule has 0 amide bonds. The second-order valence-electron chi connectivity index (χ2n) is 7.84. The van der Waals surface area contributed by atoms with Crippen molar-refractivity contribution >= 4 is 35.2 Å². The van der Waals surface area contributed by atoms with Crippen LogP contribution >= 0.6 is 0 Å². The molecule has 188 valence electrons. The van der Waals surface area contributed by atoms with Crippen molar-refractivity contribution in [2.75, 3.05) is 18.0 Å². The highest BCUT2D eigenvalue weighted by atomic mass is 16.5. The van der Waals surface area contributed by atoms with Gasteiger partial charge in [-0.2, -0.15) is 20.5 Å². The number of azo groups is 2. The van der Waals surface area contributed by atoms with Crippen LogP contribution in [0.15, 0.2) is 112 Å². The molecule has 0 saturated carbocycles. The zero-order valence-corrected chi connectivity index (χ0v) is 21.3. The number of hydrogen-bond donors (Lipinski definition) is 0. The van der Waals surface area contributed by atoms with Crippen molar-refractivity contribution in [2.45, 2.75) is 20.8 Å². The summed E-state index contributed by atoms with van der Waals surface area (Å²) in [5.41, 5.74) is 5.25. The third-order valence-corrected chi connectivity index (χ3v) is 5.43. The van der Waals surface area contributed by atoms with E-state index in [1.807, 2.05) is 68.3 Å². The van der Waals surface area contributed by atoms with Crippen molar-refractivity contribution in [3.05, 3.63) is 96.8 Å². The lowest BCUT2D eigenvalue weighted by Gasteiger charge is -2.20. The molecule has 4 aromatic rings. The predicted octanol–water partition coefficient (Wildman–Crippen LogP) is 8.67. The van der Waals surface area contributed by atoms with E-state index in [-0.39, 0.29) is 0 Å². The van der Waals surface area contributed by atoms with Crippen molar-refractivity contribution < 1.29 is 9.53 Å². The van der Waals surface area contributed by atoms with Gasteiger partial charge in [-0.15, -0.1) is 0 Å². The maximum Gasteiger partial charge on any atom is 0.130 e. The first kappa shape index (κ1) is 26.9. The first-order chi connectivity index (χ1) is 18.1. The SMILES string of the molecule is C=O.CCN(CC)c1ccc(N=Nc2ccc(Oc3ccc(N=Nc4ccncc4)cc3C)cc2)cc1. The number of pyridine rings is 1. The summed E-state index contributed by atoms with van der Waals surface area (Å²) in [4.78, 5) is 14.3. The molecule has 0 unspecified atom stereocenters. The van der Waals surface area contributed by atoms with E-state index in [0.717, 1.165) is 52.9 Å². The first-order valence-corrected chi connectivity index (χ1v) is 11.9. The Kier molecular flexibility index (Phi) is 10.2.